The Morgan fingerprint density at radius 1 is 1.04 bits per heavy atom. The first kappa shape index (κ1) is 16.4. The fourth-order valence-electron chi connectivity index (χ4n) is 3.05. The van der Waals surface area contributed by atoms with Crippen LogP contribution in [0.5, 0.6) is 17.2 Å². The molecule has 1 unspecified atom stereocenters. The van der Waals surface area contributed by atoms with E-state index in [9.17, 15) is 0 Å². The van der Waals surface area contributed by atoms with E-state index >= 15 is 0 Å². The van der Waals surface area contributed by atoms with E-state index in [1.165, 1.54) is 22.3 Å². The number of hydrogen-bond donors (Lipinski definition) is 0. The second kappa shape index (κ2) is 7.00. The van der Waals surface area contributed by atoms with Crippen LogP contribution in [-0.2, 0) is 0 Å². The summed E-state index contributed by atoms with van der Waals surface area (Å²) in [5, 5.41) is 0. The van der Waals surface area contributed by atoms with Gasteiger partial charge in [-0.2, -0.15) is 0 Å². The minimum Gasteiger partial charge on any atom is -0.497 e. The maximum Gasteiger partial charge on any atom is 0.231 e. The van der Waals surface area contributed by atoms with Gasteiger partial charge in [-0.15, -0.1) is 0 Å². The number of hydrogen-bond acceptors (Lipinski definition) is 3. The molecule has 1 aliphatic rings. The van der Waals surface area contributed by atoms with Crippen LogP contribution in [-0.4, -0.2) is 13.9 Å². The molecule has 0 N–H and O–H groups in total. The van der Waals surface area contributed by atoms with E-state index in [1.54, 1.807) is 7.11 Å². The molecule has 24 heavy (non-hydrogen) atoms. The summed E-state index contributed by atoms with van der Waals surface area (Å²) in [6, 6.07) is 14.5. The fourth-order valence-corrected chi connectivity index (χ4v) is 3.05. The Kier molecular flexibility index (Phi) is 4.79. The summed E-state index contributed by atoms with van der Waals surface area (Å²) < 4.78 is 16.2. The highest BCUT2D eigenvalue weighted by molar-refractivity contribution is 5.71. The molecule has 0 aliphatic carbocycles. The fraction of sp³-hybridized carbons (Fsp3) is 0.333. The van der Waals surface area contributed by atoms with Gasteiger partial charge < -0.3 is 14.2 Å². The summed E-state index contributed by atoms with van der Waals surface area (Å²) >= 11 is 0. The third-order valence-electron chi connectivity index (χ3n) is 4.52. The van der Waals surface area contributed by atoms with E-state index in [4.69, 9.17) is 14.2 Å². The van der Waals surface area contributed by atoms with Gasteiger partial charge in [-0.25, -0.2) is 0 Å². The van der Waals surface area contributed by atoms with Gasteiger partial charge in [0.25, 0.3) is 0 Å². The number of fused-ring (bicyclic) bond motifs is 1. The third-order valence-corrected chi connectivity index (χ3v) is 4.52. The lowest BCUT2D eigenvalue weighted by Crippen LogP contribution is -1.98. The zero-order valence-electron chi connectivity index (χ0n) is 14.8. The normalized spacial score (nSPS) is 13.5. The maximum absolute atomic E-state index is 5.53. The highest BCUT2D eigenvalue weighted by Gasteiger charge is 2.17. The number of benzene rings is 2. The lowest BCUT2D eigenvalue weighted by atomic mass is 9.88. The minimum absolute atomic E-state index is 0.311. The molecular formula is C21H24O3. The van der Waals surface area contributed by atoms with Crippen molar-refractivity contribution < 1.29 is 14.2 Å². The molecule has 0 saturated heterocycles. The highest BCUT2D eigenvalue weighted by atomic mass is 16.7. The molecular weight excluding hydrogens is 300 g/mol. The van der Waals surface area contributed by atoms with Crippen LogP contribution in [0.3, 0.4) is 0 Å². The standard InChI is InChI=1S/C21H24O3/c1-14(2)19(17-7-10-20-21(12-17)24-13-23-20)11-15(3)16-5-8-18(22-4)9-6-16/h5-10,12,15H,11,13H2,1-4H3. The van der Waals surface area contributed by atoms with Gasteiger partial charge >= 0.3 is 0 Å². The molecule has 1 aliphatic heterocycles. The lowest BCUT2D eigenvalue weighted by Gasteiger charge is -2.17. The number of allylic oxidation sites excluding steroid dienone is 2. The van der Waals surface area contributed by atoms with E-state index in [1.807, 2.05) is 18.2 Å². The van der Waals surface area contributed by atoms with Crippen molar-refractivity contribution in [3.63, 3.8) is 0 Å². The molecule has 1 atom stereocenters. The predicted octanol–water partition coefficient (Wildman–Crippen LogP) is 5.41. The van der Waals surface area contributed by atoms with Crippen molar-refractivity contribution >= 4 is 5.57 Å². The number of ether oxygens (including phenoxy) is 3. The molecule has 3 heteroatoms. The van der Waals surface area contributed by atoms with Crippen molar-refractivity contribution in [2.24, 2.45) is 0 Å². The van der Waals surface area contributed by atoms with E-state index < -0.39 is 0 Å². The van der Waals surface area contributed by atoms with Crippen LogP contribution < -0.4 is 14.2 Å². The van der Waals surface area contributed by atoms with Crippen LogP contribution >= 0.6 is 0 Å². The Labute approximate surface area is 143 Å². The quantitative estimate of drug-likeness (QED) is 0.736. The van der Waals surface area contributed by atoms with Gasteiger partial charge in [0, 0.05) is 0 Å². The first-order valence-electron chi connectivity index (χ1n) is 8.29. The van der Waals surface area contributed by atoms with Crippen molar-refractivity contribution in [1.82, 2.24) is 0 Å². The molecule has 0 amide bonds. The molecule has 0 spiro atoms. The Balaban J connectivity index is 1.82. The summed E-state index contributed by atoms with van der Waals surface area (Å²) in [4.78, 5) is 0. The zero-order valence-corrected chi connectivity index (χ0v) is 14.8. The van der Waals surface area contributed by atoms with Gasteiger partial charge in [0.05, 0.1) is 7.11 Å². The summed E-state index contributed by atoms with van der Waals surface area (Å²) in [7, 11) is 1.69. The molecule has 0 saturated carbocycles. The summed E-state index contributed by atoms with van der Waals surface area (Å²) in [5.41, 5.74) is 5.21. The Bertz CT molecular complexity index is 740. The van der Waals surface area contributed by atoms with E-state index in [0.717, 1.165) is 23.7 Å². The SMILES string of the molecule is COc1ccc(C(C)CC(=C(C)C)c2ccc3c(c2)OCO3)cc1. The van der Waals surface area contributed by atoms with E-state index in [2.05, 4.69) is 45.0 Å². The molecule has 2 aromatic rings. The predicted molar refractivity (Wildman–Crippen MR) is 96.9 cm³/mol. The van der Waals surface area contributed by atoms with Gasteiger partial charge in [-0.1, -0.05) is 30.7 Å². The molecule has 126 valence electrons. The molecule has 0 radical (unpaired) electrons. The van der Waals surface area contributed by atoms with Crippen LogP contribution in [0.1, 0.15) is 44.2 Å². The Morgan fingerprint density at radius 2 is 1.75 bits per heavy atom. The van der Waals surface area contributed by atoms with Crippen LogP contribution in [0.4, 0.5) is 0 Å². The van der Waals surface area contributed by atoms with Gasteiger partial charge in [0.15, 0.2) is 11.5 Å². The topological polar surface area (TPSA) is 27.7 Å². The summed E-state index contributed by atoms with van der Waals surface area (Å²) in [6.07, 6.45) is 0.980. The highest BCUT2D eigenvalue weighted by Crippen LogP contribution is 2.38. The van der Waals surface area contributed by atoms with Gasteiger partial charge in [0.2, 0.25) is 6.79 Å². The first-order chi connectivity index (χ1) is 11.6. The second-order valence-corrected chi connectivity index (χ2v) is 6.42. The van der Waals surface area contributed by atoms with Crippen LogP contribution in [0.15, 0.2) is 48.0 Å². The molecule has 0 bridgehead atoms. The van der Waals surface area contributed by atoms with E-state index in [-0.39, 0.29) is 0 Å². The molecule has 0 aromatic heterocycles. The third kappa shape index (κ3) is 3.40. The average Bonchev–Trinajstić information content (AvgIpc) is 3.06. The summed E-state index contributed by atoms with van der Waals surface area (Å²) in [5.74, 6) is 2.98. The van der Waals surface area contributed by atoms with Crippen molar-refractivity contribution in [3.05, 3.63) is 59.2 Å². The van der Waals surface area contributed by atoms with Crippen LogP contribution in [0, 0.1) is 0 Å². The van der Waals surface area contributed by atoms with Crippen molar-refractivity contribution in [1.29, 1.82) is 0 Å². The largest absolute Gasteiger partial charge is 0.497 e. The molecule has 3 nitrogen and oxygen atoms in total. The molecule has 0 fully saturated rings. The lowest BCUT2D eigenvalue weighted by molar-refractivity contribution is 0.174. The van der Waals surface area contributed by atoms with Crippen LogP contribution in [0.2, 0.25) is 0 Å². The van der Waals surface area contributed by atoms with Crippen molar-refractivity contribution in [2.45, 2.75) is 33.1 Å². The summed E-state index contributed by atoms with van der Waals surface area (Å²) in [6.45, 7) is 6.91. The number of rotatable bonds is 5. The van der Waals surface area contributed by atoms with Crippen molar-refractivity contribution in [3.8, 4) is 17.2 Å². The maximum atomic E-state index is 5.53. The second-order valence-electron chi connectivity index (χ2n) is 6.42. The van der Waals surface area contributed by atoms with Crippen molar-refractivity contribution in [2.75, 3.05) is 13.9 Å². The van der Waals surface area contributed by atoms with E-state index in [0.29, 0.717) is 12.7 Å². The molecule has 2 aromatic carbocycles. The first-order valence-corrected chi connectivity index (χ1v) is 8.29. The zero-order chi connectivity index (χ0) is 17.1. The Morgan fingerprint density at radius 3 is 2.42 bits per heavy atom. The monoisotopic (exact) mass is 324 g/mol. The van der Waals surface area contributed by atoms with Gasteiger partial charge in [-0.3, -0.25) is 0 Å². The minimum atomic E-state index is 0.311. The molecule has 1 heterocycles. The van der Waals surface area contributed by atoms with Crippen LogP contribution in [0.25, 0.3) is 5.57 Å². The average molecular weight is 324 g/mol. The molecule has 3 rings (SSSR count). The Hall–Kier alpha value is -2.42. The number of methoxy groups -OCH3 is 1. The van der Waals surface area contributed by atoms with Gasteiger partial charge in [0.1, 0.15) is 5.75 Å². The van der Waals surface area contributed by atoms with Gasteiger partial charge in [-0.05, 0) is 67.2 Å². The smallest absolute Gasteiger partial charge is 0.231 e.